The summed E-state index contributed by atoms with van der Waals surface area (Å²) in [5, 5.41) is 8.09. The largest absolute Gasteiger partial charge is 0.309 e. The molecule has 14 heteroatoms. The Morgan fingerprint density at radius 2 is 0.778 bits per heavy atom. The van der Waals surface area contributed by atoms with Crippen LogP contribution in [0.25, 0.3) is 133 Å². The maximum Gasteiger partial charge on any atom is 0.235 e. The fraction of sp³-hybridized carbons (Fsp3) is 0. The van der Waals surface area contributed by atoms with Gasteiger partial charge in [0.05, 0.1) is 60.9 Å². The van der Waals surface area contributed by atoms with Gasteiger partial charge in [-0.25, -0.2) is 19.9 Å². The topological polar surface area (TPSA) is 97.1 Å². The fourth-order valence-corrected chi connectivity index (χ4v) is 13.3. The molecule has 0 fully saturated rings. The Kier molecular flexibility index (Phi) is 15.4. The molecular weight excluding hydrogens is 1370 g/mol. The van der Waals surface area contributed by atoms with Gasteiger partial charge >= 0.3 is 0 Å². The Balaban J connectivity index is 0.000000102. The second-order valence-corrected chi connectivity index (χ2v) is 24.7. The van der Waals surface area contributed by atoms with E-state index in [1.54, 1.807) is 0 Å². The molecule has 0 aliphatic heterocycles. The number of nitrogens with zero attached hydrogens (tertiary/aromatic N) is 10. The molecule has 18 aromatic rings. The molecule has 0 saturated heterocycles. The first kappa shape index (κ1) is 56.5. The van der Waals surface area contributed by atoms with Gasteiger partial charge in [0.25, 0.3) is 0 Å². The molecule has 18 rings (SSSR count). The van der Waals surface area contributed by atoms with E-state index in [1.807, 2.05) is 104 Å². The molecule has 0 amide bonds. The Bertz CT molecular complexity index is 5300. The van der Waals surface area contributed by atoms with Gasteiger partial charge in [-0.3, -0.25) is 19.1 Å². The van der Waals surface area contributed by atoms with Crippen molar-refractivity contribution < 1.29 is 0 Å². The van der Waals surface area contributed by atoms with Gasteiger partial charge in [0.15, 0.2) is 0 Å². The Morgan fingerprint density at radius 3 is 1.47 bits per heavy atom. The molecule has 10 nitrogen and oxygen atoms in total. The van der Waals surface area contributed by atoms with E-state index in [-0.39, 0.29) is 0 Å². The Labute approximate surface area is 550 Å². The summed E-state index contributed by atoms with van der Waals surface area (Å²) in [5.74, 6) is 0.638. The second kappa shape index (κ2) is 24.5. The third-order valence-corrected chi connectivity index (χ3v) is 17.7. The van der Waals surface area contributed by atoms with Crippen molar-refractivity contribution in [3.63, 3.8) is 0 Å². The van der Waals surface area contributed by atoms with Gasteiger partial charge in [0.2, 0.25) is 5.95 Å². The van der Waals surface area contributed by atoms with Crippen LogP contribution in [0.5, 0.6) is 0 Å². The normalized spacial score (nSPS) is 11.3. The zero-order chi connectivity index (χ0) is 60.7. The summed E-state index contributed by atoms with van der Waals surface area (Å²) >= 11 is 14.1. The van der Waals surface area contributed by atoms with Crippen LogP contribution in [0.1, 0.15) is 0 Å². The van der Waals surface area contributed by atoms with Gasteiger partial charge in [-0.15, -0.1) is 0 Å². The molecule has 9 aromatic carbocycles. The number of hydrogen-bond acceptors (Lipinski definition) is 6. The number of para-hydroxylation sites is 7. The summed E-state index contributed by atoms with van der Waals surface area (Å²) < 4.78 is 12.5. The third kappa shape index (κ3) is 10.6. The predicted octanol–water partition coefficient (Wildman–Crippen LogP) is 21.4. The highest BCUT2D eigenvalue weighted by atomic mass is 79.9. The van der Waals surface area contributed by atoms with E-state index in [9.17, 15) is 0 Å². The standard InChI is InChI=1S/C25H15BrN4.3C17H11BrN2/c26-17-12-13-19-22(15-17)30(21-11-6-14-27-24(19)21)25-28-20-10-5-4-9-18(20)23(29-25)16-7-2-1-3-8-16;18-12-10-16-17(19-11-12)14-8-4-5-9-15(14)20(16)13-6-2-1-3-7-13;18-17-10-16-14(11-19-17)13-8-4-5-9-15(13)20(16)12-6-2-1-3-7-12;18-16-11-10-14-13-8-4-5-9-15(13)20(17(14)19-16)12-6-2-1-3-7-12/h1-15H;3*1-11H. The van der Waals surface area contributed by atoms with Crippen LogP contribution in [-0.2, 0) is 0 Å². The first-order valence-corrected chi connectivity index (χ1v) is 32.2. The van der Waals surface area contributed by atoms with E-state index < -0.39 is 0 Å². The quantitative estimate of drug-likeness (QED) is 0.159. The first-order valence-electron chi connectivity index (χ1n) is 29.0. The van der Waals surface area contributed by atoms with Crippen LogP contribution in [0.4, 0.5) is 0 Å². The summed E-state index contributed by atoms with van der Waals surface area (Å²) in [6, 6.07) is 93.3. The van der Waals surface area contributed by atoms with E-state index in [2.05, 4.69) is 290 Å². The average Bonchev–Trinajstić information content (AvgIpc) is 1.94. The van der Waals surface area contributed by atoms with Crippen molar-refractivity contribution in [1.82, 2.24) is 48.2 Å². The summed E-state index contributed by atoms with van der Waals surface area (Å²) in [7, 11) is 0. The minimum absolute atomic E-state index is 0.638. The second-order valence-electron chi connectivity index (χ2n) is 21.2. The van der Waals surface area contributed by atoms with Crippen molar-refractivity contribution in [2.24, 2.45) is 0 Å². The average molecular weight is 1420 g/mol. The summed E-state index contributed by atoms with van der Waals surface area (Å²) in [6.07, 6.45) is 5.61. The molecule has 0 aliphatic carbocycles. The molecule has 0 spiro atoms. The molecule has 0 aliphatic rings. The van der Waals surface area contributed by atoms with Gasteiger partial charge in [0.1, 0.15) is 14.9 Å². The van der Waals surface area contributed by atoms with Crippen LogP contribution < -0.4 is 0 Å². The van der Waals surface area contributed by atoms with Gasteiger partial charge < -0.3 is 9.13 Å². The van der Waals surface area contributed by atoms with E-state index in [0.717, 1.165) is 96.0 Å². The van der Waals surface area contributed by atoms with Crippen LogP contribution in [0.2, 0.25) is 0 Å². The van der Waals surface area contributed by atoms with Gasteiger partial charge in [-0.2, -0.15) is 0 Å². The van der Waals surface area contributed by atoms with Crippen molar-refractivity contribution in [3.05, 3.63) is 310 Å². The SMILES string of the molecule is Brc1cc2c(cn1)c1ccccc1n2-c1ccccc1.Brc1ccc2c3ccccc3n(-c3ccccc3)c2n1.Brc1ccc2c3ncccc3n(-c3nc(-c4ccccc4)c4ccccc4n3)c2c1.Brc1cnc2c3ccccc3n(-c3ccccc3)c2c1. The van der Waals surface area contributed by atoms with Crippen molar-refractivity contribution in [1.29, 1.82) is 0 Å². The number of benzene rings is 9. The van der Waals surface area contributed by atoms with E-state index >= 15 is 0 Å². The van der Waals surface area contributed by atoms with Crippen LogP contribution >= 0.6 is 63.7 Å². The van der Waals surface area contributed by atoms with Crippen LogP contribution in [0.3, 0.4) is 0 Å². The summed E-state index contributed by atoms with van der Waals surface area (Å²) in [6.45, 7) is 0. The summed E-state index contributed by atoms with van der Waals surface area (Å²) in [4.78, 5) is 28.3. The third-order valence-electron chi connectivity index (χ3n) is 15.9. The monoisotopic (exact) mass is 1420 g/mol. The number of halogens is 4. The lowest BCUT2D eigenvalue weighted by molar-refractivity contribution is 1.01. The zero-order valence-electron chi connectivity index (χ0n) is 47.7. The minimum Gasteiger partial charge on any atom is -0.309 e. The van der Waals surface area contributed by atoms with Gasteiger partial charge in [-0.1, -0.05) is 174 Å². The van der Waals surface area contributed by atoms with Crippen molar-refractivity contribution >= 4 is 162 Å². The maximum atomic E-state index is 5.05. The Hall–Kier alpha value is -9.96. The minimum atomic E-state index is 0.638. The van der Waals surface area contributed by atoms with Crippen LogP contribution in [-0.4, -0.2) is 48.2 Å². The number of fused-ring (bicyclic) bond motifs is 13. The number of aromatic nitrogens is 10. The fourth-order valence-electron chi connectivity index (χ4n) is 12.0. The van der Waals surface area contributed by atoms with Crippen molar-refractivity contribution in [2.75, 3.05) is 0 Å². The maximum absolute atomic E-state index is 5.05. The zero-order valence-corrected chi connectivity index (χ0v) is 54.0. The van der Waals surface area contributed by atoms with Crippen molar-refractivity contribution in [3.8, 4) is 34.3 Å². The van der Waals surface area contributed by atoms with Gasteiger partial charge in [-0.05, 0) is 163 Å². The van der Waals surface area contributed by atoms with E-state index in [4.69, 9.17) is 9.97 Å². The molecule has 0 saturated carbocycles. The van der Waals surface area contributed by atoms with E-state index in [0.29, 0.717) is 5.95 Å². The molecule has 0 unspecified atom stereocenters. The molecule has 90 heavy (non-hydrogen) atoms. The van der Waals surface area contributed by atoms with Crippen LogP contribution in [0, 0.1) is 0 Å². The molecule has 0 N–H and O–H groups in total. The lowest BCUT2D eigenvalue weighted by Crippen LogP contribution is -2.03. The molecule has 0 atom stereocenters. The van der Waals surface area contributed by atoms with Crippen LogP contribution in [0.15, 0.2) is 310 Å². The number of pyridine rings is 4. The molecule has 430 valence electrons. The molecular formula is C76H48Br4N10. The van der Waals surface area contributed by atoms with Crippen molar-refractivity contribution in [2.45, 2.75) is 0 Å². The predicted molar refractivity (Wildman–Crippen MR) is 384 cm³/mol. The molecule has 9 aromatic heterocycles. The molecule has 9 heterocycles. The highest BCUT2D eigenvalue weighted by molar-refractivity contribution is 9.11. The molecule has 0 bridgehead atoms. The highest BCUT2D eigenvalue weighted by Crippen LogP contribution is 2.37. The smallest absolute Gasteiger partial charge is 0.235 e. The number of hydrogen-bond donors (Lipinski definition) is 0. The molecule has 0 radical (unpaired) electrons. The summed E-state index contributed by atoms with van der Waals surface area (Å²) in [5.41, 5.74) is 17.2. The lowest BCUT2D eigenvalue weighted by atomic mass is 10.1. The van der Waals surface area contributed by atoms with Gasteiger partial charge in [0, 0.05) is 87.9 Å². The highest BCUT2D eigenvalue weighted by Gasteiger charge is 2.20. The van der Waals surface area contributed by atoms with E-state index in [1.165, 1.54) is 49.0 Å². The number of rotatable bonds is 5. The first-order chi connectivity index (χ1) is 44.3. The Morgan fingerprint density at radius 1 is 0.278 bits per heavy atom. The lowest BCUT2D eigenvalue weighted by Gasteiger charge is -2.11.